The molecule has 1 saturated heterocycles. The van der Waals surface area contributed by atoms with E-state index in [-0.39, 0.29) is 0 Å². The van der Waals surface area contributed by atoms with Crippen LogP contribution in [0.15, 0.2) is 0 Å². The van der Waals surface area contributed by atoms with Crippen LogP contribution in [-0.2, 0) is 0 Å². The number of piperidine rings is 1. The van der Waals surface area contributed by atoms with Gasteiger partial charge in [0.1, 0.15) is 0 Å². The number of nitrogens with zero attached hydrogens (tertiary/aromatic N) is 1. The Kier molecular flexibility index (Phi) is 5.49. The van der Waals surface area contributed by atoms with E-state index in [2.05, 4.69) is 18.9 Å². The van der Waals surface area contributed by atoms with Crippen molar-refractivity contribution in [3.05, 3.63) is 0 Å². The predicted molar refractivity (Wildman–Crippen MR) is 60.4 cm³/mol. The Bertz CT molecular complexity index is 149. The van der Waals surface area contributed by atoms with Crippen LogP contribution >= 0.6 is 0 Å². The maximum absolute atomic E-state index is 8.76. The molecule has 1 N–H and O–H groups in total. The van der Waals surface area contributed by atoms with Gasteiger partial charge in [0.25, 0.3) is 0 Å². The molecule has 2 nitrogen and oxygen atoms in total. The Balaban J connectivity index is 2.20. The largest absolute Gasteiger partial charge is 0.396 e. The van der Waals surface area contributed by atoms with Crippen molar-refractivity contribution in [1.29, 1.82) is 0 Å². The van der Waals surface area contributed by atoms with Gasteiger partial charge >= 0.3 is 0 Å². The van der Waals surface area contributed by atoms with Gasteiger partial charge < -0.3 is 10.0 Å². The molecule has 0 aromatic rings. The van der Waals surface area contributed by atoms with E-state index in [1.54, 1.807) is 0 Å². The zero-order valence-electron chi connectivity index (χ0n) is 9.71. The molecule has 1 fully saturated rings. The summed E-state index contributed by atoms with van der Waals surface area (Å²) in [6.07, 6.45) is 7.62. The van der Waals surface area contributed by atoms with Crippen molar-refractivity contribution in [1.82, 2.24) is 4.90 Å². The molecule has 0 bridgehead atoms. The molecule has 0 aliphatic carbocycles. The molecule has 2 unspecified atom stereocenters. The first-order valence-electron chi connectivity index (χ1n) is 6.05. The Morgan fingerprint density at radius 1 is 1.43 bits per heavy atom. The Morgan fingerprint density at radius 3 is 2.86 bits per heavy atom. The summed E-state index contributed by atoms with van der Waals surface area (Å²) in [5.74, 6) is 0.771. The SMILES string of the molecule is CC(CCCO)CC1CCCCN1C. The van der Waals surface area contributed by atoms with E-state index in [4.69, 9.17) is 5.11 Å². The van der Waals surface area contributed by atoms with Gasteiger partial charge in [0, 0.05) is 12.6 Å². The molecule has 2 atom stereocenters. The highest BCUT2D eigenvalue weighted by Crippen LogP contribution is 2.23. The lowest BCUT2D eigenvalue weighted by atomic mass is 9.91. The van der Waals surface area contributed by atoms with Crippen molar-refractivity contribution in [3.8, 4) is 0 Å². The standard InChI is InChI=1S/C12H25NO/c1-11(6-5-9-14)10-12-7-3-4-8-13(12)2/h11-12,14H,3-10H2,1-2H3. The van der Waals surface area contributed by atoms with E-state index >= 15 is 0 Å². The van der Waals surface area contributed by atoms with Gasteiger partial charge in [-0.1, -0.05) is 13.3 Å². The van der Waals surface area contributed by atoms with Crippen molar-refractivity contribution in [2.45, 2.75) is 51.5 Å². The number of likely N-dealkylation sites (tertiary alicyclic amines) is 1. The van der Waals surface area contributed by atoms with Crippen molar-refractivity contribution in [2.75, 3.05) is 20.2 Å². The zero-order chi connectivity index (χ0) is 10.4. The average molecular weight is 199 g/mol. The van der Waals surface area contributed by atoms with Gasteiger partial charge in [0.05, 0.1) is 0 Å². The zero-order valence-corrected chi connectivity index (χ0v) is 9.71. The molecular weight excluding hydrogens is 174 g/mol. The second-order valence-electron chi connectivity index (χ2n) is 4.84. The topological polar surface area (TPSA) is 23.5 Å². The number of aliphatic hydroxyl groups excluding tert-OH is 1. The van der Waals surface area contributed by atoms with Crippen LogP contribution in [0, 0.1) is 5.92 Å². The molecular formula is C12H25NO. The Hall–Kier alpha value is -0.0800. The fourth-order valence-corrected chi connectivity index (χ4v) is 2.46. The van der Waals surface area contributed by atoms with Crippen LogP contribution in [0.5, 0.6) is 0 Å². The summed E-state index contributed by atoms with van der Waals surface area (Å²) in [4.78, 5) is 2.51. The van der Waals surface area contributed by atoms with Crippen molar-refractivity contribution >= 4 is 0 Å². The fourth-order valence-electron chi connectivity index (χ4n) is 2.46. The quantitative estimate of drug-likeness (QED) is 0.734. The Morgan fingerprint density at radius 2 is 2.21 bits per heavy atom. The molecule has 0 aromatic heterocycles. The first-order chi connectivity index (χ1) is 6.74. The minimum Gasteiger partial charge on any atom is -0.396 e. The summed E-state index contributed by atoms with van der Waals surface area (Å²) in [6.45, 7) is 3.94. The molecule has 2 heteroatoms. The van der Waals surface area contributed by atoms with E-state index in [9.17, 15) is 0 Å². The first kappa shape index (κ1) is 12.0. The normalized spacial score (nSPS) is 26.4. The van der Waals surface area contributed by atoms with E-state index < -0.39 is 0 Å². The van der Waals surface area contributed by atoms with Crippen molar-refractivity contribution < 1.29 is 5.11 Å². The summed E-state index contributed by atoms with van der Waals surface area (Å²) >= 11 is 0. The highest BCUT2D eigenvalue weighted by molar-refractivity contribution is 4.76. The maximum Gasteiger partial charge on any atom is 0.0431 e. The third kappa shape index (κ3) is 3.97. The van der Waals surface area contributed by atoms with Crippen LogP contribution in [0.1, 0.15) is 45.4 Å². The minimum absolute atomic E-state index is 0.352. The second-order valence-corrected chi connectivity index (χ2v) is 4.84. The molecule has 1 rings (SSSR count). The second kappa shape index (κ2) is 6.41. The van der Waals surface area contributed by atoms with Gasteiger partial charge in [-0.05, 0) is 51.6 Å². The van der Waals surface area contributed by atoms with Gasteiger partial charge in [-0.3, -0.25) is 0 Å². The number of aliphatic hydroxyl groups is 1. The molecule has 0 spiro atoms. The minimum atomic E-state index is 0.352. The average Bonchev–Trinajstić information content (AvgIpc) is 2.18. The molecule has 1 aliphatic rings. The van der Waals surface area contributed by atoms with Crippen LogP contribution in [0.4, 0.5) is 0 Å². The molecule has 0 aromatic carbocycles. The van der Waals surface area contributed by atoms with Crippen LogP contribution < -0.4 is 0 Å². The molecule has 1 heterocycles. The van der Waals surface area contributed by atoms with Crippen molar-refractivity contribution in [3.63, 3.8) is 0 Å². The van der Waals surface area contributed by atoms with Gasteiger partial charge in [-0.2, -0.15) is 0 Å². The molecule has 14 heavy (non-hydrogen) atoms. The van der Waals surface area contributed by atoms with Crippen LogP contribution in [0.3, 0.4) is 0 Å². The van der Waals surface area contributed by atoms with E-state index in [1.807, 2.05) is 0 Å². The third-order valence-electron chi connectivity index (χ3n) is 3.45. The summed E-state index contributed by atoms with van der Waals surface area (Å²) in [6, 6.07) is 0.803. The molecule has 1 aliphatic heterocycles. The monoisotopic (exact) mass is 199 g/mol. The molecule has 84 valence electrons. The predicted octanol–water partition coefficient (Wildman–Crippen LogP) is 2.27. The summed E-state index contributed by atoms with van der Waals surface area (Å²) in [5, 5.41) is 8.76. The molecule has 0 saturated carbocycles. The summed E-state index contributed by atoms with van der Waals surface area (Å²) in [5.41, 5.74) is 0. The lowest BCUT2D eigenvalue weighted by Gasteiger charge is -2.34. The maximum atomic E-state index is 8.76. The fraction of sp³-hybridized carbons (Fsp3) is 1.00. The van der Waals surface area contributed by atoms with Gasteiger partial charge in [0.15, 0.2) is 0 Å². The summed E-state index contributed by atoms with van der Waals surface area (Å²) < 4.78 is 0. The first-order valence-corrected chi connectivity index (χ1v) is 6.05. The van der Waals surface area contributed by atoms with Crippen molar-refractivity contribution in [2.24, 2.45) is 5.92 Å². The van der Waals surface area contributed by atoms with E-state index in [1.165, 1.54) is 38.6 Å². The highest BCUT2D eigenvalue weighted by atomic mass is 16.2. The highest BCUT2D eigenvalue weighted by Gasteiger charge is 2.20. The van der Waals surface area contributed by atoms with Crippen LogP contribution in [0.2, 0.25) is 0 Å². The Labute approximate surface area is 88.3 Å². The third-order valence-corrected chi connectivity index (χ3v) is 3.45. The van der Waals surface area contributed by atoms with E-state index in [0.29, 0.717) is 6.61 Å². The molecule has 0 amide bonds. The summed E-state index contributed by atoms with van der Waals surface area (Å²) in [7, 11) is 2.25. The van der Waals surface area contributed by atoms with Gasteiger partial charge in [0.2, 0.25) is 0 Å². The van der Waals surface area contributed by atoms with Crippen LogP contribution in [-0.4, -0.2) is 36.2 Å². The molecule has 0 radical (unpaired) electrons. The lowest BCUT2D eigenvalue weighted by molar-refractivity contribution is 0.155. The number of rotatable bonds is 5. The van der Waals surface area contributed by atoms with Crippen LogP contribution in [0.25, 0.3) is 0 Å². The smallest absolute Gasteiger partial charge is 0.0431 e. The van der Waals surface area contributed by atoms with E-state index in [0.717, 1.165) is 18.4 Å². The van der Waals surface area contributed by atoms with Gasteiger partial charge in [-0.15, -0.1) is 0 Å². The number of hydrogen-bond acceptors (Lipinski definition) is 2. The van der Waals surface area contributed by atoms with Gasteiger partial charge in [-0.25, -0.2) is 0 Å². The number of hydrogen-bond donors (Lipinski definition) is 1. The lowest BCUT2D eigenvalue weighted by Crippen LogP contribution is -2.37.